The number of amides is 2. The molecule has 0 saturated carbocycles. The SMILES string of the molecule is O=C(Nc1ccc(S(=O)(=O)Nc2ccc(F)cc2F)cc1)N1CCCC1. The van der Waals surface area contributed by atoms with Gasteiger partial charge in [0.2, 0.25) is 0 Å². The molecule has 1 aliphatic heterocycles. The molecule has 0 spiro atoms. The van der Waals surface area contributed by atoms with Gasteiger partial charge in [-0.05, 0) is 49.2 Å². The fourth-order valence-corrected chi connectivity index (χ4v) is 3.68. The monoisotopic (exact) mass is 381 g/mol. The lowest BCUT2D eigenvalue weighted by Gasteiger charge is -2.16. The molecule has 138 valence electrons. The Labute approximate surface area is 149 Å². The molecule has 1 heterocycles. The van der Waals surface area contributed by atoms with Gasteiger partial charge >= 0.3 is 6.03 Å². The highest BCUT2D eigenvalue weighted by atomic mass is 32.2. The van der Waals surface area contributed by atoms with E-state index in [1.165, 1.54) is 24.3 Å². The molecule has 1 aliphatic rings. The van der Waals surface area contributed by atoms with Gasteiger partial charge in [0.1, 0.15) is 11.6 Å². The average Bonchev–Trinajstić information content (AvgIpc) is 3.13. The Morgan fingerprint density at radius 2 is 1.65 bits per heavy atom. The summed E-state index contributed by atoms with van der Waals surface area (Å²) in [7, 11) is -4.05. The number of nitrogens with one attached hydrogen (secondary N) is 2. The van der Waals surface area contributed by atoms with Gasteiger partial charge in [0, 0.05) is 24.8 Å². The van der Waals surface area contributed by atoms with Gasteiger partial charge in [-0.2, -0.15) is 0 Å². The number of benzene rings is 2. The molecule has 1 fully saturated rings. The van der Waals surface area contributed by atoms with Crippen LogP contribution < -0.4 is 10.0 Å². The van der Waals surface area contributed by atoms with Gasteiger partial charge in [-0.25, -0.2) is 22.0 Å². The molecule has 2 amide bonds. The van der Waals surface area contributed by atoms with Crippen molar-refractivity contribution in [3.05, 3.63) is 54.1 Å². The third-order valence-electron chi connectivity index (χ3n) is 3.98. The van der Waals surface area contributed by atoms with E-state index >= 15 is 0 Å². The molecular formula is C17H17F2N3O3S. The topological polar surface area (TPSA) is 78.5 Å². The van der Waals surface area contributed by atoms with Crippen molar-refractivity contribution in [1.29, 1.82) is 0 Å². The summed E-state index contributed by atoms with van der Waals surface area (Å²) < 4.78 is 53.2. The number of sulfonamides is 1. The van der Waals surface area contributed by atoms with E-state index in [2.05, 4.69) is 10.0 Å². The zero-order valence-electron chi connectivity index (χ0n) is 13.7. The van der Waals surface area contributed by atoms with Crippen LogP contribution in [0.4, 0.5) is 25.0 Å². The predicted octanol–water partition coefficient (Wildman–Crippen LogP) is 3.39. The molecule has 0 aliphatic carbocycles. The van der Waals surface area contributed by atoms with Crippen LogP contribution in [0.25, 0.3) is 0 Å². The van der Waals surface area contributed by atoms with Crippen LogP contribution in [-0.2, 0) is 10.0 Å². The van der Waals surface area contributed by atoms with Crippen LogP contribution in [0.1, 0.15) is 12.8 Å². The third-order valence-corrected chi connectivity index (χ3v) is 5.37. The van der Waals surface area contributed by atoms with Crippen LogP contribution in [0, 0.1) is 11.6 Å². The second-order valence-corrected chi connectivity index (χ2v) is 7.56. The van der Waals surface area contributed by atoms with Crippen molar-refractivity contribution in [3.8, 4) is 0 Å². The van der Waals surface area contributed by atoms with E-state index in [9.17, 15) is 22.0 Å². The van der Waals surface area contributed by atoms with Gasteiger partial charge < -0.3 is 10.2 Å². The molecular weight excluding hydrogens is 364 g/mol. The number of anilines is 2. The highest BCUT2D eigenvalue weighted by Crippen LogP contribution is 2.21. The minimum absolute atomic E-state index is 0.111. The molecule has 2 aromatic rings. The molecule has 2 N–H and O–H groups in total. The minimum atomic E-state index is -4.05. The van der Waals surface area contributed by atoms with E-state index in [0.717, 1.165) is 25.0 Å². The molecule has 0 radical (unpaired) electrons. The van der Waals surface area contributed by atoms with Crippen LogP contribution in [0.2, 0.25) is 0 Å². The maximum absolute atomic E-state index is 13.6. The summed E-state index contributed by atoms with van der Waals surface area (Å²) in [5.41, 5.74) is 0.103. The standard InChI is InChI=1S/C17H17F2N3O3S/c18-12-3-8-16(15(19)11-12)21-26(24,25)14-6-4-13(5-7-14)20-17(23)22-9-1-2-10-22/h3-8,11,21H,1-2,9-10H2,(H,20,23). The Hall–Kier alpha value is -2.68. The Bertz CT molecular complexity index is 911. The van der Waals surface area contributed by atoms with Gasteiger partial charge in [-0.3, -0.25) is 4.72 Å². The average molecular weight is 381 g/mol. The Morgan fingerprint density at radius 1 is 1.00 bits per heavy atom. The maximum atomic E-state index is 13.6. The Kier molecular flexibility index (Phi) is 5.08. The fraction of sp³-hybridized carbons (Fsp3) is 0.235. The molecule has 26 heavy (non-hydrogen) atoms. The molecule has 6 nitrogen and oxygen atoms in total. The first kappa shape index (κ1) is 18.1. The molecule has 9 heteroatoms. The molecule has 0 unspecified atom stereocenters. The molecule has 1 saturated heterocycles. The van der Waals surface area contributed by atoms with Crippen molar-refractivity contribution < 1.29 is 22.0 Å². The van der Waals surface area contributed by atoms with Gasteiger partial charge in [-0.1, -0.05) is 0 Å². The number of halogens is 2. The number of hydrogen-bond donors (Lipinski definition) is 2. The first-order valence-corrected chi connectivity index (χ1v) is 9.47. The fourth-order valence-electron chi connectivity index (χ4n) is 2.62. The lowest BCUT2D eigenvalue weighted by molar-refractivity contribution is 0.222. The summed E-state index contributed by atoms with van der Waals surface area (Å²) in [6.07, 6.45) is 1.94. The summed E-state index contributed by atoms with van der Waals surface area (Å²) in [6, 6.07) is 7.81. The summed E-state index contributed by atoms with van der Waals surface area (Å²) in [5, 5.41) is 2.70. The second kappa shape index (κ2) is 7.28. The molecule has 0 atom stereocenters. The van der Waals surface area contributed by atoms with Crippen molar-refractivity contribution in [2.24, 2.45) is 0 Å². The van der Waals surface area contributed by atoms with E-state index in [1.807, 2.05) is 0 Å². The lowest BCUT2D eigenvalue weighted by atomic mass is 10.3. The van der Waals surface area contributed by atoms with Crippen molar-refractivity contribution in [2.75, 3.05) is 23.1 Å². The number of hydrogen-bond acceptors (Lipinski definition) is 3. The van der Waals surface area contributed by atoms with Gasteiger partial charge in [0.15, 0.2) is 0 Å². The minimum Gasteiger partial charge on any atom is -0.325 e. The van der Waals surface area contributed by atoms with E-state index in [0.29, 0.717) is 24.8 Å². The molecule has 0 bridgehead atoms. The van der Waals surface area contributed by atoms with Crippen molar-refractivity contribution in [2.45, 2.75) is 17.7 Å². The molecule has 3 rings (SSSR count). The summed E-state index contributed by atoms with van der Waals surface area (Å²) in [4.78, 5) is 13.6. The van der Waals surface area contributed by atoms with Crippen molar-refractivity contribution in [3.63, 3.8) is 0 Å². The number of urea groups is 1. The van der Waals surface area contributed by atoms with Crippen molar-refractivity contribution in [1.82, 2.24) is 4.90 Å². The summed E-state index contributed by atoms with van der Waals surface area (Å²) in [5.74, 6) is -1.81. The smallest absolute Gasteiger partial charge is 0.321 e. The highest BCUT2D eigenvalue weighted by Gasteiger charge is 2.19. The summed E-state index contributed by atoms with van der Waals surface area (Å²) in [6.45, 7) is 1.40. The number of carbonyl (C=O) groups excluding carboxylic acids is 1. The zero-order valence-corrected chi connectivity index (χ0v) is 14.5. The van der Waals surface area contributed by atoms with Crippen LogP contribution in [0.3, 0.4) is 0 Å². The predicted molar refractivity (Wildman–Crippen MR) is 93.4 cm³/mol. The third kappa shape index (κ3) is 4.10. The zero-order chi connectivity index (χ0) is 18.7. The van der Waals surface area contributed by atoms with Crippen LogP contribution >= 0.6 is 0 Å². The van der Waals surface area contributed by atoms with Crippen molar-refractivity contribution >= 4 is 27.4 Å². The van der Waals surface area contributed by atoms with Crippen LogP contribution in [0.5, 0.6) is 0 Å². The first-order chi connectivity index (χ1) is 12.3. The first-order valence-electron chi connectivity index (χ1n) is 7.99. The normalized spacial score (nSPS) is 14.3. The number of rotatable bonds is 4. The van der Waals surface area contributed by atoms with Gasteiger partial charge in [-0.15, -0.1) is 0 Å². The van der Waals surface area contributed by atoms with Gasteiger partial charge in [0.05, 0.1) is 10.6 Å². The molecule has 2 aromatic carbocycles. The number of nitrogens with zero attached hydrogens (tertiary/aromatic N) is 1. The Morgan fingerprint density at radius 3 is 2.27 bits per heavy atom. The van der Waals surface area contributed by atoms with E-state index in [1.54, 1.807) is 4.90 Å². The van der Waals surface area contributed by atoms with Gasteiger partial charge in [0.25, 0.3) is 10.0 Å². The second-order valence-electron chi connectivity index (χ2n) is 5.88. The molecule has 0 aromatic heterocycles. The number of carbonyl (C=O) groups is 1. The van der Waals surface area contributed by atoms with E-state index < -0.39 is 21.7 Å². The quantitative estimate of drug-likeness (QED) is 0.852. The summed E-state index contributed by atoms with van der Waals surface area (Å²) >= 11 is 0. The maximum Gasteiger partial charge on any atom is 0.321 e. The van der Waals surface area contributed by atoms with E-state index in [-0.39, 0.29) is 16.6 Å². The van der Waals surface area contributed by atoms with E-state index in [4.69, 9.17) is 0 Å². The van der Waals surface area contributed by atoms with Crippen LogP contribution in [-0.4, -0.2) is 32.4 Å². The highest BCUT2D eigenvalue weighted by molar-refractivity contribution is 7.92. The number of likely N-dealkylation sites (tertiary alicyclic amines) is 1. The lowest BCUT2D eigenvalue weighted by Crippen LogP contribution is -2.32. The Balaban J connectivity index is 1.71. The van der Waals surface area contributed by atoms with Crippen LogP contribution in [0.15, 0.2) is 47.4 Å². The largest absolute Gasteiger partial charge is 0.325 e.